The summed E-state index contributed by atoms with van der Waals surface area (Å²) < 4.78 is 49.2. The number of nitrogens with zero attached hydrogens (tertiary/aromatic N) is 1. The van der Waals surface area contributed by atoms with E-state index in [1.165, 1.54) is 0 Å². The second-order valence-electron chi connectivity index (χ2n) is 5.41. The molecule has 1 saturated heterocycles. The molecule has 28 heavy (non-hydrogen) atoms. The van der Waals surface area contributed by atoms with Crippen molar-refractivity contribution in [3.63, 3.8) is 0 Å². The molecule has 18 heteroatoms. The second kappa shape index (κ2) is 7.93. The van der Waals surface area contributed by atoms with E-state index in [0.717, 1.165) is 6.20 Å². The average molecular weight is 466 g/mol. The highest BCUT2D eigenvalue weighted by atomic mass is 32.1. The Morgan fingerprint density at radius 2 is 2.00 bits per heavy atom. The molecule has 0 saturated carbocycles. The lowest BCUT2D eigenvalue weighted by atomic mass is 10.1. The highest BCUT2D eigenvalue weighted by Crippen LogP contribution is 2.58. The molecule has 1 aromatic rings. The van der Waals surface area contributed by atoms with Crippen molar-refractivity contribution in [1.29, 1.82) is 0 Å². The largest absolute Gasteiger partial charge is 0.481 e. The maximum atomic E-state index is 14.8. The monoisotopic (exact) mass is 466 g/mol. The van der Waals surface area contributed by atoms with Crippen molar-refractivity contribution in [3.05, 3.63) is 26.9 Å². The summed E-state index contributed by atoms with van der Waals surface area (Å²) in [6, 6.07) is 0. The summed E-state index contributed by atoms with van der Waals surface area (Å²) >= 11 is 4.71. The van der Waals surface area contributed by atoms with Gasteiger partial charge in [0.2, 0.25) is 0 Å². The number of phosphoric ester groups is 1. The molecule has 5 atom stereocenters. The van der Waals surface area contributed by atoms with Crippen LogP contribution in [0.2, 0.25) is 0 Å². The molecule has 158 valence electrons. The van der Waals surface area contributed by atoms with Crippen LogP contribution in [0.5, 0.6) is 0 Å². The maximum Gasteiger partial charge on any atom is 0.481 e. The lowest BCUT2D eigenvalue weighted by Gasteiger charge is -2.23. The van der Waals surface area contributed by atoms with E-state index in [2.05, 4.69) is 13.8 Å². The molecule has 1 fully saturated rings. The van der Waals surface area contributed by atoms with Crippen LogP contribution in [0.3, 0.4) is 0 Å². The number of hydrogen-bond acceptors (Lipinski definition) is 10. The molecule has 0 amide bonds. The standard InChI is InChI=1S/C10H13FN2O12P2S/c11-10(3-23-27(21,22)25-26(18,19)20)6(16)5(15)8(24-10)13-1-4(2-14)7(28)12-9(13)17/h1-2,5-6,8,15-16H,3H2,(H,21,22)(H,12,17,28)(H2,18,19,20)/t5-,6+,8-,10-/m1/s1. The summed E-state index contributed by atoms with van der Waals surface area (Å²) in [5, 5.41) is 19.8. The molecule has 1 aromatic heterocycles. The number of nitrogens with one attached hydrogen (secondary N) is 1. The fourth-order valence-electron chi connectivity index (χ4n) is 2.19. The second-order valence-corrected chi connectivity index (χ2v) is 8.65. The number of halogens is 1. The van der Waals surface area contributed by atoms with Crippen LogP contribution in [-0.2, 0) is 22.7 Å². The van der Waals surface area contributed by atoms with Gasteiger partial charge in [0.15, 0.2) is 12.5 Å². The van der Waals surface area contributed by atoms with Gasteiger partial charge in [-0.15, -0.1) is 0 Å². The number of ether oxygens (including phenoxy) is 1. The number of hydrogen-bond donors (Lipinski definition) is 6. The lowest BCUT2D eigenvalue weighted by molar-refractivity contribution is -0.204. The van der Waals surface area contributed by atoms with Gasteiger partial charge in [0, 0.05) is 6.20 Å². The van der Waals surface area contributed by atoms with Crippen LogP contribution in [0.1, 0.15) is 16.6 Å². The highest BCUT2D eigenvalue weighted by Gasteiger charge is 2.57. The Balaban J connectivity index is 2.27. The number of phosphoric acid groups is 2. The molecule has 14 nitrogen and oxygen atoms in total. The predicted molar refractivity (Wildman–Crippen MR) is 86.2 cm³/mol. The first-order valence-corrected chi connectivity index (χ1v) is 10.4. The zero-order valence-electron chi connectivity index (χ0n) is 13.3. The zero-order chi connectivity index (χ0) is 21.5. The van der Waals surface area contributed by atoms with Crippen LogP contribution in [-0.4, -0.2) is 65.4 Å². The summed E-state index contributed by atoms with van der Waals surface area (Å²) in [5.41, 5.74) is -1.28. The molecule has 1 unspecified atom stereocenters. The number of aliphatic hydroxyl groups is 2. The Kier molecular flexibility index (Phi) is 6.55. The van der Waals surface area contributed by atoms with Gasteiger partial charge in [-0.2, -0.15) is 4.31 Å². The van der Waals surface area contributed by atoms with Crippen LogP contribution in [0.4, 0.5) is 4.39 Å². The third-order valence-electron chi connectivity index (χ3n) is 3.40. The van der Waals surface area contributed by atoms with Gasteiger partial charge in [-0.05, 0) is 0 Å². The van der Waals surface area contributed by atoms with E-state index >= 15 is 0 Å². The molecule has 0 radical (unpaired) electrons. The molecule has 0 spiro atoms. The van der Waals surface area contributed by atoms with Crippen molar-refractivity contribution in [1.82, 2.24) is 9.55 Å². The molecule has 0 aromatic carbocycles. The first kappa shape index (κ1) is 23.1. The molecule has 2 rings (SSSR count). The first-order chi connectivity index (χ1) is 12.7. The summed E-state index contributed by atoms with van der Waals surface area (Å²) in [6.45, 7) is -1.63. The van der Waals surface area contributed by atoms with Crippen molar-refractivity contribution in [2.75, 3.05) is 6.61 Å². The van der Waals surface area contributed by atoms with Gasteiger partial charge >= 0.3 is 21.3 Å². The van der Waals surface area contributed by atoms with E-state index in [9.17, 15) is 33.3 Å². The number of carbonyl (C=O) groups is 1. The number of alkyl halides is 1. The zero-order valence-corrected chi connectivity index (χ0v) is 15.9. The Labute approximate surface area is 159 Å². The number of rotatable bonds is 7. The van der Waals surface area contributed by atoms with Crippen molar-refractivity contribution >= 4 is 34.1 Å². The normalized spacial score (nSPS) is 30.1. The Bertz CT molecular complexity index is 976. The number of aromatic nitrogens is 2. The smallest absolute Gasteiger partial charge is 0.385 e. The lowest BCUT2D eigenvalue weighted by Crippen LogP contribution is -2.43. The van der Waals surface area contributed by atoms with E-state index in [1.807, 2.05) is 0 Å². The van der Waals surface area contributed by atoms with Crippen LogP contribution in [0.25, 0.3) is 0 Å². The van der Waals surface area contributed by atoms with E-state index in [1.54, 1.807) is 0 Å². The minimum Gasteiger partial charge on any atom is -0.385 e. The third-order valence-corrected chi connectivity index (χ3v) is 5.87. The third kappa shape index (κ3) is 5.06. The topological polar surface area (TPSA) is 218 Å². The molecule has 0 bridgehead atoms. The van der Waals surface area contributed by atoms with Crippen molar-refractivity contribution < 1.29 is 56.8 Å². The molecular weight excluding hydrogens is 453 g/mol. The first-order valence-electron chi connectivity index (χ1n) is 6.97. The Morgan fingerprint density at radius 1 is 1.39 bits per heavy atom. The fraction of sp³-hybridized carbons (Fsp3) is 0.500. The SMILES string of the molecule is O=Cc1cn([C@@H]2O[C@](F)(COP(=O)(O)OP(=O)(O)O)[C@@H](O)[C@H]2O)c(=O)[nH]c1=S. The van der Waals surface area contributed by atoms with E-state index in [-0.39, 0.29) is 16.5 Å². The van der Waals surface area contributed by atoms with Gasteiger partial charge < -0.3 is 29.6 Å². The highest BCUT2D eigenvalue weighted by molar-refractivity contribution is 7.71. The number of H-pyrrole nitrogens is 1. The van der Waals surface area contributed by atoms with Gasteiger partial charge in [-0.1, -0.05) is 12.2 Å². The van der Waals surface area contributed by atoms with Gasteiger partial charge in [0.1, 0.15) is 23.5 Å². The van der Waals surface area contributed by atoms with Gasteiger partial charge in [-0.3, -0.25) is 18.9 Å². The molecule has 1 aliphatic heterocycles. The molecule has 0 aliphatic carbocycles. The molecular formula is C10H13FN2O12P2S. The van der Waals surface area contributed by atoms with E-state index in [0.29, 0.717) is 4.57 Å². The van der Waals surface area contributed by atoms with Crippen molar-refractivity contribution in [3.8, 4) is 0 Å². The quantitative estimate of drug-likeness (QED) is 0.159. The maximum absolute atomic E-state index is 14.8. The number of aliphatic hydroxyl groups excluding tert-OH is 2. The summed E-state index contributed by atoms with van der Waals surface area (Å²) in [5.74, 6) is -3.41. The summed E-state index contributed by atoms with van der Waals surface area (Å²) in [7, 11) is -11.0. The van der Waals surface area contributed by atoms with E-state index < -0.39 is 52.2 Å². The van der Waals surface area contributed by atoms with Gasteiger partial charge in [-0.25, -0.2) is 18.3 Å². The average Bonchev–Trinajstić information content (AvgIpc) is 2.76. The molecule has 6 N–H and O–H groups in total. The predicted octanol–water partition coefficient (Wildman–Crippen LogP) is -1.14. The van der Waals surface area contributed by atoms with Crippen LogP contribution in [0, 0.1) is 4.64 Å². The van der Waals surface area contributed by atoms with Crippen LogP contribution >= 0.6 is 27.9 Å². The van der Waals surface area contributed by atoms with Crippen LogP contribution < -0.4 is 5.69 Å². The number of aldehydes is 1. The summed E-state index contributed by atoms with van der Waals surface area (Å²) in [4.78, 5) is 51.0. The minimum atomic E-state index is -5.49. The van der Waals surface area contributed by atoms with Crippen molar-refractivity contribution in [2.24, 2.45) is 0 Å². The Morgan fingerprint density at radius 3 is 2.54 bits per heavy atom. The van der Waals surface area contributed by atoms with Crippen molar-refractivity contribution in [2.45, 2.75) is 24.3 Å². The number of aromatic amines is 1. The number of carbonyl (C=O) groups excluding carboxylic acids is 1. The molecule has 2 heterocycles. The van der Waals surface area contributed by atoms with Gasteiger partial charge in [0.05, 0.1) is 5.56 Å². The van der Waals surface area contributed by atoms with E-state index in [4.69, 9.17) is 31.6 Å². The fourth-order valence-corrected chi connectivity index (χ4v) is 3.98. The minimum absolute atomic E-state index is 0.234. The summed E-state index contributed by atoms with van der Waals surface area (Å²) in [6.07, 6.45) is -5.43. The van der Waals surface area contributed by atoms with Crippen LogP contribution in [0.15, 0.2) is 11.0 Å². The molecule has 1 aliphatic rings. The van der Waals surface area contributed by atoms with Gasteiger partial charge in [0.25, 0.3) is 5.85 Å². The Hall–Kier alpha value is -1.16.